The van der Waals surface area contributed by atoms with Crippen LogP contribution in [0, 0.1) is 0 Å². The van der Waals surface area contributed by atoms with Gasteiger partial charge < -0.3 is 44.2 Å². The number of carbonyl (C=O) groups is 3. The Morgan fingerprint density at radius 2 is 1.33 bits per heavy atom. The summed E-state index contributed by atoms with van der Waals surface area (Å²) >= 11 is 0. The van der Waals surface area contributed by atoms with E-state index in [0.717, 1.165) is 6.92 Å². The Balaban J connectivity index is 0. The fourth-order valence-electron chi connectivity index (χ4n) is 1.69. The number of guanidine groups is 2. The monoisotopic (exact) mass is 390 g/mol. The van der Waals surface area contributed by atoms with Gasteiger partial charge in [-0.25, -0.2) is 4.79 Å². The standard InChI is InChI=1S/C12H26N8O3.C2H4O2/c13-7(3-1-5-18-11(14)15)9(21)20-8(10(22)23)4-2-6-19-12(16)17;1-2(3)4/h7-8H,1-6,13H2,(H,20,21)(H,22,23)(H4,14,15,18)(H4,16,17,19);1H3,(H,3,4)/t7-,8-;/m0./s1. The molecule has 0 fully saturated rings. The SMILES string of the molecule is CC(=O)O.NC(N)=NCCC[C@H](NC(=O)[C@@H](N)CCCN=C(N)N)C(=O)O. The summed E-state index contributed by atoms with van der Waals surface area (Å²) in [5.74, 6) is -2.61. The molecule has 0 bridgehead atoms. The number of nitrogens with zero attached hydrogens (tertiary/aromatic N) is 2. The summed E-state index contributed by atoms with van der Waals surface area (Å²) in [5.41, 5.74) is 26.4. The molecule has 0 radical (unpaired) electrons. The molecule has 0 heterocycles. The quantitative estimate of drug-likeness (QED) is 0.101. The molecular formula is C14H30N8O5. The molecule has 0 saturated carbocycles. The molecule has 1 amide bonds. The van der Waals surface area contributed by atoms with Crippen molar-refractivity contribution in [2.75, 3.05) is 13.1 Å². The summed E-state index contributed by atoms with van der Waals surface area (Å²) in [5, 5.41) is 18.9. The van der Waals surface area contributed by atoms with Crippen molar-refractivity contribution in [3.8, 4) is 0 Å². The van der Waals surface area contributed by atoms with E-state index in [1.165, 1.54) is 0 Å². The first-order valence-corrected chi connectivity index (χ1v) is 8.06. The summed E-state index contributed by atoms with van der Waals surface area (Å²) in [6, 6.07) is -1.87. The maximum Gasteiger partial charge on any atom is 0.326 e. The Morgan fingerprint density at radius 3 is 1.70 bits per heavy atom. The highest BCUT2D eigenvalue weighted by Crippen LogP contribution is 2.01. The van der Waals surface area contributed by atoms with Crippen LogP contribution in [0.15, 0.2) is 9.98 Å². The van der Waals surface area contributed by atoms with E-state index < -0.39 is 29.9 Å². The molecule has 13 nitrogen and oxygen atoms in total. The van der Waals surface area contributed by atoms with Crippen LogP contribution in [0.4, 0.5) is 0 Å². The Morgan fingerprint density at radius 1 is 0.926 bits per heavy atom. The fourth-order valence-corrected chi connectivity index (χ4v) is 1.69. The summed E-state index contributed by atoms with van der Waals surface area (Å²) in [6.07, 6.45) is 1.45. The van der Waals surface area contributed by atoms with Crippen molar-refractivity contribution in [1.29, 1.82) is 0 Å². The molecule has 156 valence electrons. The Labute approximate surface area is 157 Å². The number of hydrogen-bond acceptors (Lipinski definition) is 6. The fraction of sp³-hybridized carbons (Fsp3) is 0.643. The van der Waals surface area contributed by atoms with E-state index in [2.05, 4.69) is 15.3 Å². The second-order valence-electron chi connectivity index (χ2n) is 5.42. The van der Waals surface area contributed by atoms with Crippen molar-refractivity contribution < 1.29 is 24.6 Å². The number of nitrogens with two attached hydrogens (primary N) is 5. The van der Waals surface area contributed by atoms with Crippen molar-refractivity contribution in [2.24, 2.45) is 38.7 Å². The third kappa shape index (κ3) is 19.1. The maximum absolute atomic E-state index is 11.9. The number of aliphatic imine (C=N–C) groups is 2. The molecular weight excluding hydrogens is 360 g/mol. The Hall–Kier alpha value is -3.09. The lowest BCUT2D eigenvalue weighted by Gasteiger charge is -2.17. The van der Waals surface area contributed by atoms with Crippen LogP contribution in [0.5, 0.6) is 0 Å². The lowest BCUT2D eigenvalue weighted by Crippen LogP contribution is -2.48. The predicted octanol–water partition coefficient (Wildman–Crippen LogP) is -2.92. The van der Waals surface area contributed by atoms with Gasteiger partial charge in [0.1, 0.15) is 6.04 Å². The number of rotatable bonds is 11. The van der Waals surface area contributed by atoms with E-state index in [1.807, 2.05) is 0 Å². The normalized spacial score (nSPS) is 11.8. The van der Waals surface area contributed by atoms with Gasteiger partial charge in [-0.1, -0.05) is 0 Å². The smallest absolute Gasteiger partial charge is 0.326 e. The summed E-state index contributed by atoms with van der Waals surface area (Å²) in [4.78, 5) is 39.5. The highest BCUT2D eigenvalue weighted by molar-refractivity contribution is 5.86. The van der Waals surface area contributed by atoms with Gasteiger partial charge in [0.15, 0.2) is 11.9 Å². The van der Waals surface area contributed by atoms with Crippen LogP contribution in [-0.4, -0.2) is 65.2 Å². The zero-order valence-corrected chi connectivity index (χ0v) is 15.3. The number of hydrogen-bond donors (Lipinski definition) is 8. The molecule has 0 aromatic heterocycles. The molecule has 0 aromatic carbocycles. The first-order chi connectivity index (χ1) is 12.5. The van der Waals surface area contributed by atoms with Gasteiger partial charge in [-0.05, 0) is 25.7 Å². The highest BCUT2D eigenvalue weighted by Gasteiger charge is 2.22. The molecule has 0 aliphatic rings. The van der Waals surface area contributed by atoms with Gasteiger partial charge in [0.2, 0.25) is 5.91 Å². The zero-order valence-electron chi connectivity index (χ0n) is 15.3. The van der Waals surface area contributed by atoms with Crippen LogP contribution >= 0.6 is 0 Å². The van der Waals surface area contributed by atoms with Gasteiger partial charge in [-0.15, -0.1) is 0 Å². The maximum atomic E-state index is 11.9. The van der Waals surface area contributed by atoms with Crippen LogP contribution in [0.25, 0.3) is 0 Å². The number of amides is 1. The second-order valence-corrected chi connectivity index (χ2v) is 5.42. The Bertz CT molecular complexity index is 526. The largest absolute Gasteiger partial charge is 0.481 e. The number of nitrogens with one attached hydrogen (secondary N) is 1. The molecule has 0 rings (SSSR count). The highest BCUT2D eigenvalue weighted by atomic mass is 16.4. The molecule has 0 aliphatic carbocycles. The first kappa shape index (κ1) is 26.1. The minimum atomic E-state index is -1.14. The van der Waals surface area contributed by atoms with Crippen molar-refractivity contribution in [3.05, 3.63) is 0 Å². The summed E-state index contributed by atoms with van der Waals surface area (Å²) in [7, 11) is 0. The van der Waals surface area contributed by atoms with E-state index in [4.69, 9.17) is 43.7 Å². The third-order valence-electron chi connectivity index (χ3n) is 2.86. The number of carboxylic acids is 2. The predicted molar refractivity (Wildman–Crippen MR) is 101 cm³/mol. The molecule has 0 saturated heterocycles. The second kappa shape index (κ2) is 15.2. The average Bonchev–Trinajstić information content (AvgIpc) is 2.52. The number of carboxylic acid groups (broad SMARTS) is 2. The van der Waals surface area contributed by atoms with Crippen LogP contribution in [-0.2, 0) is 14.4 Å². The van der Waals surface area contributed by atoms with Gasteiger partial charge in [-0.2, -0.15) is 0 Å². The van der Waals surface area contributed by atoms with Crippen molar-refractivity contribution in [1.82, 2.24) is 5.32 Å². The molecule has 13 N–H and O–H groups in total. The molecule has 0 aromatic rings. The van der Waals surface area contributed by atoms with Crippen LogP contribution in [0.3, 0.4) is 0 Å². The minimum absolute atomic E-state index is 0.0326. The molecule has 2 atom stereocenters. The van der Waals surface area contributed by atoms with Gasteiger partial charge in [0.25, 0.3) is 5.97 Å². The van der Waals surface area contributed by atoms with E-state index in [-0.39, 0.29) is 24.9 Å². The van der Waals surface area contributed by atoms with Crippen LogP contribution < -0.4 is 34.0 Å². The van der Waals surface area contributed by atoms with E-state index in [9.17, 15) is 9.59 Å². The van der Waals surface area contributed by atoms with E-state index in [0.29, 0.717) is 25.8 Å². The third-order valence-corrected chi connectivity index (χ3v) is 2.86. The Kier molecular flexibility index (Phi) is 14.7. The lowest BCUT2D eigenvalue weighted by molar-refractivity contribution is -0.142. The number of aliphatic carboxylic acids is 2. The summed E-state index contributed by atoms with van der Waals surface area (Å²) < 4.78 is 0. The first-order valence-electron chi connectivity index (χ1n) is 8.06. The molecule has 0 spiro atoms. The number of carbonyl (C=O) groups excluding carboxylic acids is 1. The van der Waals surface area contributed by atoms with Gasteiger partial charge >= 0.3 is 5.97 Å². The minimum Gasteiger partial charge on any atom is -0.481 e. The van der Waals surface area contributed by atoms with Crippen molar-refractivity contribution >= 4 is 29.8 Å². The van der Waals surface area contributed by atoms with Crippen LogP contribution in [0.1, 0.15) is 32.6 Å². The molecule has 27 heavy (non-hydrogen) atoms. The van der Waals surface area contributed by atoms with Crippen molar-refractivity contribution in [3.63, 3.8) is 0 Å². The van der Waals surface area contributed by atoms with Gasteiger partial charge in [0.05, 0.1) is 6.04 Å². The van der Waals surface area contributed by atoms with Gasteiger partial charge in [-0.3, -0.25) is 19.6 Å². The van der Waals surface area contributed by atoms with E-state index >= 15 is 0 Å². The van der Waals surface area contributed by atoms with Crippen LogP contribution in [0.2, 0.25) is 0 Å². The topological polar surface area (TPSA) is 259 Å². The van der Waals surface area contributed by atoms with Gasteiger partial charge in [0, 0.05) is 20.0 Å². The lowest BCUT2D eigenvalue weighted by atomic mass is 10.1. The zero-order chi connectivity index (χ0) is 21.4. The summed E-state index contributed by atoms with van der Waals surface area (Å²) in [6.45, 7) is 1.72. The molecule has 0 unspecified atom stereocenters. The molecule has 0 aliphatic heterocycles. The van der Waals surface area contributed by atoms with Crippen molar-refractivity contribution in [2.45, 2.75) is 44.7 Å². The average molecular weight is 390 g/mol. The molecule has 13 heteroatoms. The van der Waals surface area contributed by atoms with E-state index in [1.54, 1.807) is 0 Å².